The number of Topliss-reactive ketones (excluding diaryl/α,β-unsaturated/α-hetero) is 2. The average molecular weight is 306 g/mol. The van der Waals surface area contributed by atoms with Crippen LogP contribution in [0.5, 0.6) is 0 Å². The van der Waals surface area contributed by atoms with Crippen molar-refractivity contribution in [2.45, 2.75) is 12.8 Å². The minimum Gasteiger partial charge on any atom is -0.285 e. The Morgan fingerprint density at radius 3 is 2.50 bits per heavy atom. The summed E-state index contributed by atoms with van der Waals surface area (Å²) in [4.78, 5) is 26.1. The van der Waals surface area contributed by atoms with Gasteiger partial charge in [-0.15, -0.1) is 11.8 Å². The number of carbonyl (C=O) groups excluding carboxylic acids is 2. The van der Waals surface area contributed by atoms with Gasteiger partial charge in [0.05, 0.1) is 0 Å². The highest BCUT2D eigenvalue weighted by molar-refractivity contribution is 8.08. The van der Waals surface area contributed by atoms with Crippen LogP contribution in [0.4, 0.5) is 0 Å². The first-order valence-corrected chi connectivity index (χ1v) is 8.39. The van der Waals surface area contributed by atoms with Crippen molar-refractivity contribution < 1.29 is 9.59 Å². The minimum atomic E-state index is -0.386. The number of allylic oxidation sites excluding steroid dienone is 6. The lowest BCUT2D eigenvalue weighted by Crippen LogP contribution is -2.26. The van der Waals surface area contributed by atoms with Gasteiger partial charge in [0, 0.05) is 27.4 Å². The molecule has 3 heteroatoms. The van der Waals surface area contributed by atoms with Crippen molar-refractivity contribution in [3.05, 3.63) is 76.4 Å². The molecular weight excluding hydrogens is 292 g/mol. The summed E-state index contributed by atoms with van der Waals surface area (Å²) in [6.07, 6.45) is 10.4. The van der Waals surface area contributed by atoms with Crippen LogP contribution in [0.1, 0.15) is 28.8 Å². The number of benzene rings is 1. The van der Waals surface area contributed by atoms with Gasteiger partial charge < -0.3 is 0 Å². The molecule has 0 N–H and O–H groups in total. The van der Waals surface area contributed by atoms with Crippen molar-refractivity contribution >= 4 is 28.2 Å². The molecule has 1 aromatic rings. The number of rotatable bonds is 1. The van der Waals surface area contributed by atoms with E-state index >= 15 is 0 Å². The standard InChI is InChI=1S/C19H14O2S/c20-17-14-8-4-5-9-15(14)19-16(18(17)21)13(10-11-22-19)12-6-2-1-3-7-12/h2,4-10H,1,3,11H2. The van der Waals surface area contributed by atoms with E-state index in [1.54, 1.807) is 17.8 Å². The van der Waals surface area contributed by atoms with E-state index in [0.717, 1.165) is 40.2 Å². The fraction of sp³-hybridized carbons (Fsp3) is 0.158. The van der Waals surface area contributed by atoms with Crippen LogP contribution in [0, 0.1) is 0 Å². The quantitative estimate of drug-likeness (QED) is 0.732. The van der Waals surface area contributed by atoms with Crippen molar-refractivity contribution in [2.75, 3.05) is 5.75 Å². The van der Waals surface area contributed by atoms with Crippen molar-refractivity contribution in [3.8, 4) is 0 Å². The van der Waals surface area contributed by atoms with Gasteiger partial charge in [-0.05, 0) is 24.0 Å². The van der Waals surface area contributed by atoms with Gasteiger partial charge >= 0.3 is 0 Å². The van der Waals surface area contributed by atoms with Gasteiger partial charge in [0.1, 0.15) is 0 Å². The molecule has 0 radical (unpaired) electrons. The second kappa shape index (κ2) is 5.25. The summed E-state index contributed by atoms with van der Waals surface area (Å²) in [6.45, 7) is 0. The number of fused-ring (bicyclic) bond motifs is 2. The lowest BCUT2D eigenvalue weighted by atomic mass is 9.82. The first kappa shape index (κ1) is 13.5. The van der Waals surface area contributed by atoms with Crippen molar-refractivity contribution in [1.82, 2.24) is 0 Å². The molecule has 22 heavy (non-hydrogen) atoms. The highest BCUT2D eigenvalue weighted by atomic mass is 32.2. The Hall–Kier alpha value is -2.13. The van der Waals surface area contributed by atoms with Gasteiger partial charge in [-0.1, -0.05) is 48.6 Å². The molecule has 0 bridgehead atoms. The largest absolute Gasteiger partial charge is 0.285 e. The molecule has 0 saturated heterocycles. The van der Waals surface area contributed by atoms with Gasteiger partial charge in [0.15, 0.2) is 0 Å². The van der Waals surface area contributed by atoms with Gasteiger partial charge in [-0.2, -0.15) is 0 Å². The number of hydrogen-bond donors (Lipinski definition) is 0. The Balaban J connectivity index is 1.93. The van der Waals surface area contributed by atoms with Gasteiger partial charge in [-0.25, -0.2) is 0 Å². The van der Waals surface area contributed by atoms with Crippen LogP contribution < -0.4 is 0 Å². The summed E-state index contributed by atoms with van der Waals surface area (Å²) in [7, 11) is 0. The zero-order valence-electron chi connectivity index (χ0n) is 12.0. The number of hydrogen-bond acceptors (Lipinski definition) is 3. The first-order chi connectivity index (χ1) is 10.8. The zero-order valence-corrected chi connectivity index (χ0v) is 12.8. The summed E-state index contributed by atoms with van der Waals surface area (Å²) < 4.78 is 0. The van der Waals surface area contributed by atoms with E-state index in [4.69, 9.17) is 0 Å². The molecule has 2 nitrogen and oxygen atoms in total. The molecule has 4 rings (SSSR count). The monoisotopic (exact) mass is 306 g/mol. The third-order valence-corrected chi connectivity index (χ3v) is 5.21. The predicted octanol–water partition coefficient (Wildman–Crippen LogP) is 4.11. The smallest absolute Gasteiger partial charge is 0.235 e. The molecule has 1 heterocycles. The van der Waals surface area contributed by atoms with Crippen LogP contribution in [-0.4, -0.2) is 17.3 Å². The normalized spacial score (nSPS) is 20.4. The molecule has 0 unspecified atom stereocenters. The van der Waals surface area contributed by atoms with E-state index in [-0.39, 0.29) is 11.6 Å². The lowest BCUT2D eigenvalue weighted by molar-refractivity contribution is -0.111. The maximum Gasteiger partial charge on any atom is 0.235 e. The predicted molar refractivity (Wildman–Crippen MR) is 89.7 cm³/mol. The molecule has 1 aliphatic heterocycles. The molecular formula is C19H14O2S. The number of thioether (sulfide) groups is 1. The van der Waals surface area contributed by atoms with Gasteiger partial charge in [0.25, 0.3) is 0 Å². The van der Waals surface area contributed by atoms with Gasteiger partial charge in [-0.3, -0.25) is 9.59 Å². The molecule has 0 atom stereocenters. The number of ketones is 2. The molecule has 0 fully saturated rings. The Morgan fingerprint density at radius 1 is 0.909 bits per heavy atom. The van der Waals surface area contributed by atoms with Crippen LogP contribution in [0.25, 0.3) is 4.91 Å². The molecule has 0 amide bonds. The van der Waals surface area contributed by atoms with E-state index in [1.807, 2.05) is 18.2 Å². The maximum absolute atomic E-state index is 12.7. The zero-order chi connectivity index (χ0) is 15.1. The minimum absolute atomic E-state index is 0.368. The first-order valence-electron chi connectivity index (χ1n) is 7.40. The summed E-state index contributed by atoms with van der Waals surface area (Å²) in [6, 6.07) is 7.42. The molecule has 1 aromatic carbocycles. The third kappa shape index (κ3) is 1.97. The molecule has 0 saturated carbocycles. The van der Waals surface area contributed by atoms with E-state index in [2.05, 4.69) is 24.3 Å². The van der Waals surface area contributed by atoms with E-state index < -0.39 is 0 Å². The summed E-state index contributed by atoms with van der Waals surface area (Å²) in [5.41, 5.74) is 4.03. The Kier molecular flexibility index (Phi) is 3.23. The molecule has 108 valence electrons. The Labute approximate surface area is 133 Å². The van der Waals surface area contributed by atoms with Gasteiger partial charge in [0.2, 0.25) is 11.6 Å². The Bertz CT molecular complexity index is 822. The fourth-order valence-corrected chi connectivity index (χ4v) is 4.23. The highest BCUT2D eigenvalue weighted by Crippen LogP contribution is 2.45. The summed E-state index contributed by atoms with van der Waals surface area (Å²) in [5.74, 6) is 0.0740. The third-order valence-electron chi connectivity index (χ3n) is 4.17. The molecule has 0 spiro atoms. The fourth-order valence-electron chi connectivity index (χ4n) is 3.13. The SMILES string of the molecule is O=C1C(=O)c2ccccc2C2=C1C(C1=CCCC=C1)=CCS2. The van der Waals surface area contributed by atoms with Crippen LogP contribution in [0.15, 0.2) is 65.3 Å². The van der Waals surface area contributed by atoms with Crippen LogP contribution in [-0.2, 0) is 4.79 Å². The molecule has 3 aliphatic rings. The maximum atomic E-state index is 12.7. The average Bonchev–Trinajstić information content (AvgIpc) is 2.60. The number of carbonyl (C=O) groups is 2. The van der Waals surface area contributed by atoms with Crippen LogP contribution >= 0.6 is 11.8 Å². The summed E-state index contributed by atoms with van der Waals surface area (Å²) >= 11 is 1.64. The second-order valence-corrected chi connectivity index (χ2v) is 6.51. The highest BCUT2D eigenvalue weighted by Gasteiger charge is 2.36. The lowest BCUT2D eigenvalue weighted by Gasteiger charge is -2.26. The van der Waals surface area contributed by atoms with Crippen molar-refractivity contribution in [1.29, 1.82) is 0 Å². The Morgan fingerprint density at radius 2 is 1.73 bits per heavy atom. The van der Waals surface area contributed by atoms with Crippen LogP contribution in [0.2, 0.25) is 0 Å². The van der Waals surface area contributed by atoms with E-state index in [1.165, 1.54) is 0 Å². The van der Waals surface area contributed by atoms with Crippen LogP contribution in [0.3, 0.4) is 0 Å². The summed E-state index contributed by atoms with van der Waals surface area (Å²) in [5, 5.41) is 0. The van der Waals surface area contributed by atoms with E-state index in [0.29, 0.717) is 11.1 Å². The second-order valence-electron chi connectivity index (χ2n) is 5.48. The van der Waals surface area contributed by atoms with Crippen molar-refractivity contribution in [3.63, 3.8) is 0 Å². The molecule has 2 aliphatic carbocycles. The van der Waals surface area contributed by atoms with Crippen molar-refractivity contribution in [2.24, 2.45) is 0 Å². The van der Waals surface area contributed by atoms with E-state index in [9.17, 15) is 9.59 Å². The topological polar surface area (TPSA) is 34.1 Å². The molecule has 0 aromatic heterocycles.